The Bertz CT molecular complexity index is 832. The van der Waals surface area contributed by atoms with Crippen LogP contribution in [0.25, 0.3) is 0 Å². The summed E-state index contributed by atoms with van der Waals surface area (Å²) in [5.41, 5.74) is 0.371. The fourth-order valence-electron chi connectivity index (χ4n) is 3.20. The van der Waals surface area contributed by atoms with Gasteiger partial charge in [-0.2, -0.15) is 13.2 Å². The summed E-state index contributed by atoms with van der Waals surface area (Å²) in [6, 6.07) is 9.30. The number of ether oxygens (including phenoxy) is 2. The monoisotopic (exact) mass is 408 g/mol. The van der Waals surface area contributed by atoms with Crippen molar-refractivity contribution in [1.29, 1.82) is 0 Å². The number of anilines is 1. The van der Waals surface area contributed by atoms with E-state index in [4.69, 9.17) is 9.47 Å². The zero-order valence-corrected chi connectivity index (χ0v) is 16.0. The Morgan fingerprint density at radius 3 is 2.38 bits per heavy atom. The van der Waals surface area contributed by atoms with Crippen molar-refractivity contribution in [2.45, 2.75) is 44.5 Å². The summed E-state index contributed by atoms with van der Waals surface area (Å²) in [7, 11) is 1.56. The molecule has 0 aromatic heterocycles. The average Bonchev–Trinajstić information content (AvgIpc) is 3.19. The molecule has 29 heavy (non-hydrogen) atoms. The lowest BCUT2D eigenvalue weighted by Crippen LogP contribution is -2.28. The second-order valence-electron chi connectivity index (χ2n) is 6.89. The molecule has 156 valence electrons. The fourth-order valence-corrected chi connectivity index (χ4v) is 3.20. The van der Waals surface area contributed by atoms with Gasteiger partial charge in [0.1, 0.15) is 0 Å². The summed E-state index contributed by atoms with van der Waals surface area (Å²) in [6.45, 7) is 0.103. The maximum Gasteiger partial charge on any atom is 0.416 e. The summed E-state index contributed by atoms with van der Waals surface area (Å²) < 4.78 is 49.1. The summed E-state index contributed by atoms with van der Waals surface area (Å²) >= 11 is 0. The van der Waals surface area contributed by atoms with E-state index in [9.17, 15) is 18.0 Å². The van der Waals surface area contributed by atoms with Gasteiger partial charge < -0.3 is 20.1 Å². The van der Waals surface area contributed by atoms with Gasteiger partial charge >= 0.3 is 12.2 Å². The van der Waals surface area contributed by atoms with Crippen molar-refractivity contribution >= 4 is 11.7 Å². The predicted octanol–water partition coefficient (Wildman–Crippen LogP) is 5.36. The smallest absolute Gasteiger partial charge is 0.416 e. The van der Waals surface area contributed by atoms with Gasteiger partial charge in [0.15, 0.2) is 11.5 Å². The van der Waals surface area contributed by atoms with E-state index < -0.39 is 17.8 Å². The molecule has 2 aromatic carbocycles. The lowest BCUT2D eigenvalue weighted by atomic mass is 10.1. The standard InChI is InChI=1S/C21H23F3N2O3/c1-28-18-11-10-16(12-19(18)29-17-4-2-3-5-17)26-20(27)25-13-14-6-8-15(9-7-14)21(22,23)24/h6-12,17H,2-5,13H2,1H3,(H2,25,26,27). The molecule has 2 amide bonds. The van der Waals surface area contributed by atoms with Crippen LogP contribution in [0.15, 0.2) is 42.5 Å². The van der Waals surface area contributed by atoms with Crippen LogP contribution in [-0.4, -0.2) is 19.2 Å². The van der Waals surface area contributed by atoms with Gasteiger partial charge in [-0.3, -0.25) is 0 Å². The molecule has 2 aromatic rings. The molecular formula is C21H23F3N2O3. The van der Waals surface area contributed by atoms with Crippen LogP contribution < -0.4 is 20.1 Å². The van der Waals surface area contributed by atoms with Crippen molar-refractivity contribution in [3.63, 3.8) is 0 Å². The number of amides is 2. The van der Waals surface area contributed by atoms with Gasteiger partial charge in [-0.05, 0) is 55.5 Å². The first kappa shape index (κ1) is 20.8. The van der Waals surface area contributed by atoms with Crippen LogP contribution in [0.5, 0.6) is 11.5 Å². The number of hydrogen-bond acceptors (Lipinski definition) is 3. The minimum absolute atomic E-state index is 0.103. The molecule has 8 heteroatoms. The minimum Gasteiger partial charge on any atom is -0.493 e. The molecule has 1 aliphatic rings. The first-order valence-electron chi connectivity index (χ1n) is 9.41. The maximum atomic E-state index is 12.6. The van der Waals surface area contributed by atoms with Crippen LogP contribution in [0.3, 0.4) is 0 Å². The van der Waals surface area contributed by atoms with Crippen molar-refractivity contribution in [2.75, 3.05) is 12.4 Å². The number of alkyl halides is 3. The van der Waals surface area contributed by atoms with Crippen molar-refractivity contribution in [1.82, 2.24) is 5.32 Å². The van der Waals surface area contributed by atoms with E-state index in [1.807, 2.05) is 0 Å². The molecule has 1 aliphatic carbocycles. The van der Waals surface area contributed by atoms with Gasteiger partial charge in [0.25, 0.3) is 0 Å². The fraction of sp³-hybridized carbons (Fsp3) is 0.381. The summed E-state index contributed by atoms with van der Waals surface area (Å²) in [5, 5.41) is 5.32. The van der Waals surface area contributed by atoms with Gasteiger partial charge in [0.2, 0.25) is 0 Å². The van der Waals surface area contributed by atoms with Gasteiger partial charge in [-0.1, -0.05) is 12.1 Å². The lowest BCUT2D eigenvalue weighted by Gasteiger charge is -2.17. The Labute approximate surface area is 167 Å². The topological polar surface area (TPSA) is 59.6 Å². The molecule has 1 saturated carbocycles. The van der Waals surface area contributed by atoms with Crippen molar-refractivity contribution in [2.24, 2.45) is 0 Å². The lowest BCUT2D eigenvalue weighted by molar-refractivity contribution is -0.137. The average molecular weight is 408 g/mol. The Balaban J connectivity index is 1.57. The molecular weight excluding hydrogens is 385 g/mol. The number of nitrogens with one attached hydrogen (secondary N) is 2. The van der Waals surface area contributed by atoms with E-state index in [1.54, 1.807) is 25.3 Å². The van der Waals surface area contributed by atoms with E-state index >= 15 is 0 Å². The van der Waals surface area contributed by atoms with Crippen molar-refractivity contribution in [3.8, 4) is 11.5 Å². The van der Waals surface area contributed by atoms with Crippen LogP contribution in [0.4, 0.5) is 23.7 Å². The molecule has 5 nitrogen and oxygen atoms in total. The SMILES string of the molecule is COc1ccc(NC(=O)NCc2ccc(C(F)(F)F)cc2)cc1OC1CCCC1. The van der Waals surface area contributed by atoms with Gasteiger partial charge in [-0.25, -0.2) is 4.79 Å². The van der Waals surface area contributed by atoms with Gasteiger partial charge in [-0.15, -0.1) is 0 Å². The Kier molecular flexibility index (Phi) is 6.51. The Morgan fingerprint density at radius 2 is 1.76 bits per heavy atom. The number of carbonyl (C=O) groups excluding carboxylic acids is 1. The zero-order valence-electron chi connectivity index (χ0n) is 16.0. The zero-order chi connectivity index (χ0) is 20.9. The molecule has 0 aliphatic heterocycles. The number of benzene rings is 2. The number of methoxy groups -OCH3 is 1. The summed E-state index contributed by atoms with van der Waals surface area (Å²) in [4.78, 5) is 12.1. The first-order chi connectivity index (χ1) is 13.8. The minimum atomic E-state index is -4.38. The molecule has 2 N–H and O–H groups in total. The van der Waals surface area contributed by atoms with Crippen LogP contribution in [0.2, 0.25) is 0 Å². The highest BCUT2D eigenvalue weighted by Gasteiger charge is 2.29. The van der Waals surface area contributed by atoms with E-state index in [2.05, 4.69) is 10.6 Å². The third-order valence-corrected chi connectivity index (χ3v) is 4.75. The van der Waals surface area contributed by atoms with E-state index in [0.29, 0.717) is 22.7 Å². The maximum absolute atomic E-state index is 12.6. The molecule has 0 atom stereocenters. The second-order valence-corrected chi connectivity index (χ2v) is 6.89. The highest BCUT2D eigenvalue weighted by Crippen LogP contribution is 2.34. The third kappa shape index (κ3) is 5.79. The van der Waals surface area contributed by atoms with Crippen LogP contribution >= 0.6 is 0 Å². The predicted molar refractivity (Wildman–Crippen MR) is 103 cm³/mol. The largest absolute Gasteiger partial charge is 0.493 e. The highest BCUT2D eigenvalue weighted by molar-refractivity contribution is 5.89. The van der Waals surface area contributed by atoms with Crippen LogP contribution in [0, 0.1) is 0 Å². The Hall–Kier alpha value is -2.90. The molecule has 0 saturated heterocycles. The quantitative estimate of drug-likeness (QED) is 0.677. The Morgan fingerprint density at radius 1 is 1.07 bits per heavy atom. The molecule has 0 bridgehead atoms. The van der Waals surface area contributed by atoms with E-state index in [0.717, 1.165) is 37.8 Å². The second kappa shape index (κ2) is 9.07. The van der Waals surface area contributed by atoms with Crippen molar-refractivity contribution in [3.05, 3.63) is 53.6 Å². The van der Waals surface area contributed by atoms with Gasteiger partial charge in [0, 0.05) is 18.3 Å². The first-order valence-corrected chi connectivity index (χ1v) is 9.41. The number of carbonyl (C=O) groups is 1. The molecule has 3 rings (SSSR count). The molecule has 0 heterocycles. The molecule has 0 unspecified atom stereocenters. The van der Waals surface area contributed by atoms with Crippen LogP contribution in [0.1, 0.15) is 36.8 Å². The summed E-state index contributed by atoms with van der Waals surface area (Å²) in [6.07, 6.45) is 0.0283. The third-order valence-electron chi connectivity index (χ3n) is 4.75. The highest BCUT2D eigenvalue weighted by atomic mass is 19.4. The van der Waals surface area contributed by atoms with E-state index in [1.165, 1.54) is 12.1 Å². The van der Waals surface area contributed by atoms with E-state index in [-0.39, 0.29) is 12.6 Å². The summed E-state index contributed by atoms with van der Waals surface area (Å²) in [5.74, 6) is 1.16. The van der Waals surface area contributed by atoms with Gasteiger partial charge in [0.05, 0.1) is 18.8 Å². The normalized spacial score (nSPS) is 14.5. The molecule has 0 radical (unpaired) electrons. The van der Waals surface area contributed by atoms with Crippen LogP contribution in [-0.2, 0) is 12.7 Å². The van der Waals surface area contributed by atoms with Crippen molar-refractivity contribution < 1.29 is 27.4 Å². The number of rotatable bonds is 6. The number of hydrogen-bond donors (Lipinski definition) is 2. The number of halogens is 3. The molecule has 0 spiro atoms. The molecule has 1 fully saturated rings. The number of urea groups is 1.